The number of benzene rings is 1. The molecule has 0 bridgehead atoms. The van der Waals surface area contributed by atoms with E-state index in [2.05, 4.69) is 22.4 Å². The number of anilines is 2. The number of carbonyl (C=O) groups excluding carboxylic acids is 1. The molecule has 0 saturated heterocycles. The van der Waals surface area contributed by atoms with Crippen molar-refractivity contribution in [3.63, 3.8) is 0 Å². The molecular formula is C15H17N3OS. The lowest BCUT2D eigenvalue weighted by atomic mass is 9.84. The average molecular weight is 287 g/mol. The van der Waals surface area contributed by atoms with Crippen molar-refractivity contribution in [2.75, 3.05) is 11.1 Å². The zero-order valence-corrected chi connectivity index (χ0v) is 12.8. The minimum Gasteiger partial charge on any atom is -0.375 e. The summed E-state index contributed by atoms with van der Waals surface area (Å²) < 4.78 is 0. The summed E-state index contributed by atoms with van der Waals surface area (Å²) in [6, 6.07) is 4.13. The summed E-state index contributed by atoms with van der Waals surface area (Å²) in [6.45, 7) is 7.92. The van der Waals surface area contributed by atoms with Crippen molar-refractivity contribution in [3.8, 4) is 11.3 Å². The van der Waals surface area contributed by atoms with Crippen molar-refractivity contribution >= 4 is 28.1 Å². The van der Waals surface area contributed by atoms with Crippen LogP contribution in [0.4, 0.5) is 10.8 Å². The molecule has 1 aromatic heterocycles. The van der Waals surface area contributed by atoms with Crippen LogP contribution < -0.4 is 11.1 Å². The number of hydrogen-bond donors (Lipinski definition) is 2. The van der Waals surface area contributed by atoms with Crippen molar-refractivity contribution in [2.45, 2.75) is 33.1 Å². The normalized spacial score (nSPS) is 16.1. The highest BCUT2D eigenvalue weighted by atomic mass is 32.1. The molecule has 0 unspecified atom stereocenters. The number of fused-ring (bicyclic) bond motifs is 1. The quantitative estimate of drug-likeness (QED) is 0.846. The monoisotopic (exact) mass is 287 g/mol. The fourth-order valence-electron chi connectivity index (χ4n) is 2.66. The van der Waals surface area contributed by atoms with Gasteiger partial charge in [0.1, 0.15) is 0 Å². The molecule has 4 nitrogen and oxygen atoms in total. The Labute approximate surface area is 122 Å². The predicted molar refractivity (Wildman–Crippen MR) is 83.1 cm³/mol. The van der Waals surface area contributed by atoms with Crippen molar-refractivity contribution in [3.05, 3.63) is 28.1 Å². The number of rotatable bonds is 1. The van der Waals surface area contributed by atoms with Gasteiger partial charge in [0, 0.05) is 10.4 Å². The van der Waals surface area contributed by atoms with Crippen LogP contribution in [0.1, 0.15) is 29.9 Å². The number of nitrogens with zero attached hydrogens (tertiary/aromatic N) is 1. The van der Waals surface area contributed by atoms with E-state index in [0.717, 1.165) is 32.9 Å². The summed E-state index contributed by atoms with van der Waals surface area (Å²) >= 11 is 1.47. The molecule has 0 saturated carbocycles. The second-order valence-electron chi connectivity index (χ2n) is 5.77. The molecule has 20 heavy (non-hydrogen) atoms. The van der Waals surface area contributed by atoms with Gasteiger partial charge in [0.2, 0.25) is 5.91 Å². The molecule has 3 rings (SSSR count). The van der Waals surface area contributed by atoms with E-state index in [1.807, 2.05) is 27.7 Å². The Kier molecular flexibility index (Phi) is 2.66. The second-order valence-corrected chi connectivity index (χ2v) is 7.01. The Bertz CT molecular complexity index is 731. The van der Waals surface area contributed by atoms with Crippen molar-refractivity contribution in [1.29, 1.82) is 0 Å². The molecule has 0 atom stereocenters. The molecule has 104 valence electrons. The van der Waals surface area contributed by atoms with Crippen LogP contribution >= 0.6 is 11.3 Å². The van der Waals surface area contributed by atoms with Crippen LogP contribution in [-0.2, 0) is 10.2 Å². The van der Waals surface area contributed by atoms with Gasteiger partial charge in [-0.2, -0.15) is 0 Å². The maximum absolute atomic E-state index is 12.2. The topological polar surface area (TPSA) is 68.0 Å². The molecule has 0 fully saturated rings. The zero-order chi connectivity index (χ0) is 14.7. The first-order valence-corrected chi connectivity index (χ1v) is 7.32. The predicted octanol–water partition coefficient (Wildman–Crippen LogP) is 3.24. The Hall–Kier alpha value is -1.88. The molecule has 2 aromatic rings. The van der Waals surface area contributed by atoms with E-state index in [9.17, 15) is 4.79 Å². The van der Waals surface area contributed by atoms with E-state index in [1.165, 1.54) is 11.3 Å². The fraction of sp³-hybridized carbons (Fsp3) is 0.333. The number of hydrogen-bond acceptors (Lipinski definition) is 4. The van der Waals surface area contributed by atoms with Gasteiger partial charge in [-0.15, -0.1) is 11.3 Å². The van der Waals surface area contributed by atoms with Crippen LogP contribution in [0.25, 0.3) is 11.3 Å². The van der Waals surface area contributed by atoms with Gasteiger partial charge in [0.15, 0.2) is 5.13 Å². The highest BCUT2D eigenvalue weighted by Gasteiger charge is 2.40. The van der Waals surface area contributed by atoms with Crippen molar-refractivity contribution in [1.82, 2.24) is 4.98 Å². The van der Waals surface area contributed by atoms with Crippen LogP contribution in [0, 0.1) is 13.8 Å². The average Bonchev–Trinajstić information content (AvgIpc) is 2.79. The first kappa shape index (κ1) is 13.1. The maximum Gasteiger partial charge on any atom is 0.234 e. The smallest absolute Gasteiger partial charge is 0.234 e. The first-order chi connectivity index (χ1) is 9.30. The van der Waals surface area contributed by atoms with Crippen LogP contribution in [-0.4, -0.2) is 10.9 Å². The lowest BCUT2D eigenvalue weighted by molar-refractivity contribution is -0.119. The highest BCUT2D eigenvalue weighted by Crippen LogP contribution is 2.45. The van der Waals surface area contributed by atoms with Gasteiger partial charge in [-0.1, -0.05) is 6.07 Å². The number of aromatic nitrogens is 1. The number of thiazole rings is 1. The lowest BCUT2D eigenvalue weighted by Crippen LogP contribution is -2.26. The highest BCUT2D eigenvalue weighted by molar-refractivity contribution is 7.15. The molecule has 1 aromatic carbocycles. The molecule has 2 heterocycles. The number of nitrogens with two attached hydrogens (primary N) is 1. The van der Waals surface area contributed by atoms with E-state index >= 15 is 0 Å². The number of nitrogen functional groups attached to an aromatic ring is 1. The van der Waals surface area contributed by atoms with Gasteiger partial charge in [0.05, 0.1) is 16.8 Å². The van der Waals surface area contributed by atoms with E-state index in [0.29, 0.717) is 5.13 Å². The van der Waals surface area contributed by atoms with Gasteiger partial charge in [-0.05, 0) is 44.9 Å². The van der Waals surface area contributed by atoms with Crippen LogP contribution in [0.2, 0.25) is 0 Å². The summed E-state index contributed by atoms with van der Waals surface area (Å²) in [5.41, 5.74) is 10.1. The molecule has 1 amide bonds. The molecule has 0 aliphatic carbocycles. The van der Waals surface area contributed by atoms with Crippen molar-refractivity contribution in [2.24, 2.45) is 0 Å². The maximum atomic E-state index is 12.2. The molecule has 5 heteroatoms. The third kappa shape index (κ3) is 1.73. The van der Waals surface area contributed by atoms with Gasteiger partial charge in [-0.25, -0.2) is 4.98 Å². The van der Waals surface area contributed by atoms with Gasteiger partial charge in [0.25, 0.3) is 0 Å². The summed E-state index contributed by atoms with van der Waals surface area (Å²) in [6.07, 6.45) is 0. The Morgan fingerprint density at radius 1 is 1.30 bits per heavy atom. The second kappa shape index (κ2) is 4.06. The largest absolute Gasteiger partial charge is 0.375 e. The number of aryl methyl sites for hydroxylation is 2. The molecule has 1 aliphatic heterocycles. The van der Waals surface area contributed by atoms with Crippen LogP contribution in [0.5, 0.6) is 0 Å². The summed E-state index contributed by atoms with van der Waals surface area (Å²) in [4.78, 5) is 17.7. The van der Waals surface area contributed by atoms with Gasteiger partial charge >= 0.3 is 0 Å². The lowest BCUT2D eigenvalue weighted by Gasteiger charge is -2.16. The van der Waals surface area contributed by atoms with Crippen LogP contribution in [0.15, 0.2) is 12.1 Å². The number of nitrogens with one attached hydrogen (secondary N) is 1. The standard InChI is InChI=1S/C15H17N3OS/c1-7-5-9(11-8(2)20-14(16)18-11)12-10(6-7)15(3,4)13(19)17-12/h5-6H,1-4H3,(H2,16,18)(H,17,19). The van der Waals surface area contributed by atoms with E-state index in [1.54, 1.807) is 0 Å². The first-order valence-electron chi connectivity index (χ1n) is 6.50. The molecular weight excluding hydrogens is 270 g/mol. The van der Waals surface area contributed by atoms with Gasteiger partial charge < -0.3 is 11.1 Å². The third-order valence-electron chi connectivity index (χ3n) is 3.83. The molecule has 3 N–H and O–H groups in total. The Balaban J connectivity index is 2.30. The molecule has 1 aliphatic rings. The number of amides is 1. The van der Waals surface area contributed by atoms with E-state index in [4.69, 9.17) is 5.73 Å². The van der Waals surface area contributed by atoms with Gasteiger partial charge in [-0.3, -0.25) is 4.79 Å². The van der Waals surface area contributed by atoms with E-state index < -0.39 is 5.41 Å². The molecule has 0 spiro atoms. The fourth-order valence-corrected chi connectivity index (χ4v) is 3.36. The summed E-state index contributed by atoms with van der Waals surface area (Å²) in [7, 11) is 0. The minimum atomic E-state index is -0.508. The Morgan fingerprint density at radius 3 is 2.60 bits per heavy atom. The SMILES string of the molecule is Cc1cc(-c2nc(N)sc2C)c2c(c1)C(C)(C)C(=O)N2. The van der Waals surface area contributed by atoms with Crippen molar-refractivity contribution < 1.29 is 4.79 Å². The summed E-state index contributed by atoms with van der Waals surface area (Å²) in [5, 5.41) is 3.56. The van der Waals surface area contributed by atoms with Crippen LogP contribution in [0.3, 0.4) is 0 Å². The third-order valence-corrected chi connectivity index (χ3v) is 4.63. The van der Waals surface area contributed by atoms with E-state index in [-0.39, 0.29) is 5.91 Å². The molecule has 0 radical (unpaired) electrons. The summed E-state index contributed by atoms with van der Waals surface area (Å²) in [5.74, 6) is 0.0280. The minimum absolute atomic E-state index is 0.0280. The Morgan fingerprint density at radius 2 is 2.00 bits per heavy atom. The zero-order valence-electron chi connectivity index (χ0n) is 12.0. The number of carbonyl (C=O) groups is 1.